The number of benzene rings is 2. The van der Waals surface area contributed by atoms with E-state index in [1.807, 2.05) is 6.92 Å². The molecular weight excluding hydrogens is 339 g/mol. The molecule has 0 fully saturated rings. The highest BCUT2D eigenvalue weighted by Crippen LogP contribution is 2.27. The summed E-state index contributed by atoms with van der Waals surface area (Å²) in [4.78, 5) is 17.1. The van der Waals surface area contributed by atoms with Crippen molar-refractivity contribution in [3.63, 3.8) is 0 Å². The molecule has 6 nitrogen and oxygen atoms in total. The summed E-state index contributed by atoms with van der Waals surface area (Å²) in [6.45, 7) is 3.93. The van der Waals surface area contributed by atoms with Gasteiger partial charge in [0.05, 0.1) is 25.6 Å². The van der Waals surface area contributed by atoms with Gasteiger partial charge in [-0.15, -0.1) is 0 Å². The van der Waals surface area contributed by atoms with Gasteiger partial charge in [-0.3, -0.25) is 4.79 Å². The lowest BCUT2D eigenvalue weighted by molar-refractivity contribution is -0.126. The molecule has 0 saturated carbocycles. The monoisotopic (exact) mass is 360 g/mol. The zero-order valence-electron chi connectivity index (χ0n) is 14.9. The number of nitrogens with zero attached hydrogens (tertiary/aromatic N) is 1. The Labute approximate surface area is 151 Å². The van der Waals surface area contributed by atoms with Crippen LogP contribution in [0.5, 0.6) is 11.5 Å². The van der Waals surface area contributed by atoms with Crippen LogP contribution in [0.4, 0.5) is 10.1 Å². The summed E-state index contributed by atoms with van der Waals surface area (Å²) in [5.74, 6) is 0.182. The third kappa shape index (κ3) is 5.20. The summed E-state index contributed by atoms with van der Waals surface area (Å²) < 4.78 is 24.2. The number of anilines is 1. The Morgan fingerprint density at radius 1 is 1.27 bits per heavy atom. The Kier molecular flexibility index (Phi) is 6.96. The molecule has 138 valence electrons. The normalized spacial score (nSPS) is 11.8. The summed E-state index contributed by atoms with van der Waals surface area (Å²) >= 11 is 0. The van der Waals surface area contributed by atoms with E-state index in [-0.39, 0.29) is 5.69 Å². The molecule has 0 aliphatic carbocycles. The van der Waals surface area contributed by atoms with Crippen molar-refractivity contribution in [2.75, 3.05) is 19.0 Å². The maximum Gasteiger partial charge on any atom is 0.268 e. The van der Waals surface area contributed by atoms with E-state index < -0.39 is 17.8 Å². The van der Waals surface area contributed by atoms with Crippen molar-refractivity contribution in [1.29, 1.82) is 0 Å². The molecule has 0 bridgehead atoms. The van der Waals surface area contributed by atoms with Gasteiger partial charge in [-0.1, -0.05) is 17.3 Å². The van der Waals surface area contributed by atoms with Crippen molar-refractivity contribution >= 4 is 17.8 Å². The van der Waals surface area contributed by atoms with Gasteiger partial charge >= 0.3 is 0 Å². The van der Waals surface area contributed by atoms with Crippen LogP contribution in [0.1, 0.15) is 19.4 Å². The first-order valence-electron chi connectivity index (χ1n) is 8.10. The molecule has 2 aromatic rings. The Morgan fingerprint density at radius 2 is 2.04 bits per heavy atom. The molecule has 7 heteroatoms. The number of hydrogen-bond donors (Lipinski definition) is 1. The molecule has 26 heavy (non-hydrogen) atoms. The molecule has 2 aromatic carbocycles. The van der Waals surface area contributed by atoms with Gasteiger partial charge in [0.1, 0.15) is 5.82 Å². The highest BCUT2D eigenvalue weighted by Gasteiger charge is 2.15. The van der Waals surface area contributed by atoms with Crippen molar-refractivity contribution in [2.24, 2.45) is 5.16 Å². The van der Waals surface area contributed by atoms with E-state index in [2.05, 4.69) is 10.5 Å². The molecule has 2 rings (SSSR count). The number of methoxy groups -OCH3 is 1. The Hall–Kier alpha value is -3.09. The van der Waals surface area contributed by atoms with Gasteiger partial charge in [0.2, 0.25) is 6.10 Å². The lowest BCUT2D eigenvalue weighted by Crippen LogP contribution is -2.26. The molecule has 1 N–H and O–H groups in total. The van der Waals surface area contributed by atoms with Gasteiger partial charge in [0.15, 0.2) is 11.5 Å². The quantitative estimate of drug-likeness (QED) is 0.577. The summed E-state index contributed by atoms with van der Waals surface area (Å²) in [6.07, 6.45) is 0.556. The molecule has 0 aromatic heterocycles. The van der Waals surface area contributed by atoms with E-state index in [1.165, 1.54) is 25.3 Å². The fraction of sp³-hybridized carbons (Fsp3) is 0.263. The molecule has 0 saturated heterocycles. The zero-order valence-corrected chi connectivity index (χ0v) is 14.9. The summed E-state index contributed by atoms with van der Waals surface area (Å²) in [6, 6.07) is 11.2. The molecule has 0 aliphatic rings. The largest absolute Gasteiger partial charge is 0.493 e. The van der Waals surface area contributed by atoms with E-state index in [9.17, 15) is 9.18 Å². The summed E-state index contributed by atoms with van der Waals surface area (Å²) in [5.41, 5.74) is 0.806. The molecule has 0 spiro atoms. The number of ether oxygens (including phenoxy) is 2. The van der Waals surface area contributed by atoms with Crippen LogP contribution in [0.25, 0.3) is 0 Å². The van der Waals surface area contributed by atoms with Crippen LogP contribution in [0.2, 0.25) is 0 Å². The van der Waals surface area contributed by atoms with Crippen LogP contribution in [-0.4, -0.2) is 31.9 Å². The first kappa shape index (κ1) is 19.2. The number of carbonyl (C=O) groups is 1. The second kappa shape index (κ2) is 9.41. The van der Waals surface area contributed by atoms with E-state index in [0.29, 0.717) is 23.7 Å². The van der Waals surface area contributed by atoms with Crippen LogP contribution in [0.3, 0.4) is 0 Å². The van der Waals surface area contributed by atoms with Gasteiger partial charge in [-0.05, 0) is 44.2 Å². The number of amides is 1. The SMILES string of the molecule is CCOc1ccc(/C=N\O[C@H](C)C(=O)Nc2ccccc2F)cc1OC. The molecule has 0 aliphatic heterocycles. The average molecular weight is 360 g/mol. The lowest BCUT2D eigenvalue weighted by Gasteiger charge is -2.11. The molecule has 1 atom stereocenters. The predicted molar refractivity (Wildman–Crippen MR) is 97.3 cm³/mol. The first-order chi connectivity index (χ1) is 12.5. The van der Waals surface area contributed by atoms with Crippen LogP contribution < -0.4 is 14.8 Å². The lowest BCUT2D eigenvalue weighted by atomic mass is 10.2. The van der Waals surface area contributed by atoms with Crippen LogP contribution in [-0.2, 0) is 9.63 Å². The highest BCUT2D eigenvalue weighted by molar-refractivity contribution is 5.94. The second-order valence-corrected chi connectivity index (χ2v) is 5.29. The Morgan fingerprint density at radius 3 is 2.73 bits per heavy atom. The molecule has 0 radical (unpaired) electrons. The maximum atomic E-state index is 13.5. The average Bonchev–Trinajstić information content (AvgIpc) is 2.64. The van der Waals surface area contributed by atoms with Crippen LogP contribution in [0.15, 0.2) is 47.6 Å². The van der Waals surface area contributed by atoms with Crippen molar-refractivity contribution in [1.82, 2.24) is 0 Å². The number of hydrogen-bond acceptors (Lipinski definition) is 5. The van der Waals surface area contributed by atoms with Crippen molar-refractivity contribution in [2.45, 2.75) is 20.0 Å². The predicted octanol–water partition coefficient (Wildman–Crippen LogP) is 3.61. The number of halogens is 1. The fourth-order valence-corrected chi connectivity index (χ4v) is 2.07. The molecule has 0 unspecified atom stereocenters. The van der Waals surface area contributed by atoms with Gasteiger partial charge in [-0.25, -0.2) is 4.39 Å². The van der Waals surface area contributed by atoms with E-state index >= 15 is 0 Å². The molecular formula is C19H21FN2O4. The van der Waals surface area contributed by atoms with E-state index in [4.69, 9.17) is 14.3 Å². The summed E-state index contributed by atoms with van der Waals surface area (Å²) in [5, 5.41) is 6.25. The van der Waals surface area contributed by atoms with Crippen LogP contribution >= 0.6 is 0 Å². The van der Waals surface area contributed by atoms with Gasteiger partial charge in [-0.2, -0.15) is 0 Å². The van der Waals surface area contributed by atoms with Gasteiger partial charge in [0.25, 0.3) is 5.91 Å². The minimum atomic E-state index is -0.893. The van der Waals surface area contributed by atoms with Crippen molar-refractivity contribution < 1.29 is 23.5 Å². The maximum absolute atomic E-state index is 13.5. The van der Waals surface area contributed by atoms with Gasteiger partial charge in [0, 0.05) is 5.56 Å². The van der Waals surface area contributed by atoms with Crippen LogP contribution in [0, 0.1) is 5.82 Å². The third-order valence-electron chi connectivity index (χ3n) is 3.41. The minimum Gasteiger partial charge on any atom is -0.493 e. The van der Waals surface area contributed by atoms with Crippen molar-refractivity contribution in [3.05, 3.63) is 53.8 Å². The van der Waals surface area contributed by atoms with Crippen molar-refractivity contribution in [3.8, 4) is 11.5 Å². The standard InChI is InChI=1S/C19H21FN2O4/c1-4-25-17-10-9-14(11-18(17)24-3)12-21-26-13(2)19(23)22-16-8-6-5-7-15(16)20/h5-13H,4H2,1-3H3,(H,22,23)/b21-12-/t13-/m1/s1. The smallest absolute Gasteiger partial charge is 0.268 e. The minimum absolute atomic E-state index is 0.0909. The number of oxime groups is 1. The van der Waals surface area contributed by atoms with E-state index in [0.717, 1.165) is 0 Å². The van der Waals surface area contributed by atoms with Gasteiger partial charge < -0.3 is 19.6 Å². The number of nitrogens with one attached hydrogen (secondary N) is 1. The first-order valence-corrected chi connectivity index (χ1v) is 8.10. The number of carbonyl (C=O) groups excluding carboxylic acids is 1. The fourth-order valence-electron chi connectivity index (χ4n) is 2.07. The zero-order chi connectivity index (χ0) is 18.9. The third-order valence-corrected chi connectivity index (χ3v) is 3.41. The highest BCUT2D eigenvalue weighted by atomic mass is 19.1. The number of rotatable bonds is 8. The number of para-hydroxylation sites is 1. The Balaban J connectivity index is 1.94. The second-order valence-electron chi connectivity index (χ2n) is 5.29. The topological polar surface area (TPSA) is 69.2 Å². The van der Waals surface area contributed by atoms with E-state index in [1.54, 1.807) is 37.4 Å². The summed E-state index contributed by atoms with van der Waals surface area (Å²) in [7, 11) is 1.55. The molecule has 0 heterocycles. The Bertz CT molecular complexity index is 780. The molecule has 1 amide bonds.